The summed E-state index contributed by atoms with van der Waals surface area (Å²) in [6, 6.07) is 39.4. The lowest BCUT2D eigenvalue weighted by molar-refractivity contribution is 0.352. The molecule has 0 aliphatic heterocycles. The van der Waals surface area contributed by atoms with Gasteiger partial charge in [0.05, 0.1) is 23.5 Å². The van der Waals surface area contributed by atoms with Crippen LogP contribution in [0.5, 0.6) is 0 Å². The summed E-state index contributed by atoms with van der Waals surface area (Å²) in [6.45, 7) is 4.36. The zero-order chi connectivity index (χ0) is 27.3. The largest absolute Gasteiger partial charge is 0.273 e. The van der Waals surface area contributed by atoms with Crippen LogP contribution in [0.3, 0.4) is 0 Å². The Balaban J connectivity index is 1.64. The van der Waals surface area contributed by atoms with E-state index in [4.69, 9.17) is 16.8 Å². The first-order chi connectivity index (χ1) is 19.0. The van der Waals surface area contributed by atoms with Crippen molar-refractivity contribution in [3.8, 4) is 17.2 Å². The highest BCUT2D eigenvalue weighted by molar-refractivity contribution is 8.21. The van der Waals surface area contributed by atoms with Gasteiger partial charge in [0.15, 0.2) is 6.04 Å². The van der Waals surface area contributed by atoms with Crippen molar-refractivity contribution < 1.29 is 0 Å². The fourth-order valence-corrected chi connectivity index (χ4v) is 9.54. The molecular formula is C34H34N3PS. The number of benzene rings is 4. The van der Waals surface area contributed by atoms with Crippen LogP contribution >= 0.6 is 6.19 Å². The van der Waals surface area contributed by atoms with Crippen molar-refractivity contribution in [2.75, 3.05) is 0 Å². The van der Waals surface area contributed by atoms with Crippen LogP contribution in [0.4, 0.5) is 0 Å². The van der Waals surface area contributed by atoms with E-state index in [0.717, 1.165) is 53.1 Å². The van der Waals surface area contributed by atoms with Crippen LogP contribution in [0, 0.1) is 11.3 Å². The van der Waals surface area contributed by atoms with Gasteiger partial charge < -0.3 is 0 Å². The van der Waals surface area contributed by atoms with Gasteiger partial charge in [-0.25, -0.2) is 0 Å². The topological polar surface area (TPSA) is 48.2 Å². The normalized spacial score (nSPS) is 14.5. The third-order valence-corrected chi connectivity index (χ3v) is 12.0. The molecule has 0 saturated carbocycles. The summed E-state index contributed by atoms with van der Waals surface area (Å²) >= 11 is 6.58. The monoisotopic (exact) mass is 547 g/mol. The van der Waals surface area contributed by atoms with E-state index in [1.165, 1.54) is 11.1 Å². The van der Waals surface area contributed by atoms with Crippen molar-refractivity contribution in [1.29, 1.82) is 5.26 Å². The summed E-state index contributed by atoms with van der Waals surface area (Å²) in [4.78, 5) is 5.26. The number of hydrogen-bond acceptors (Lipinski definition) is 3. The maximum absolute atomic E-state index is 10.7. The van der Waals surface area contributed by atoms with Crippen molar-refractivity contribution in [2.24, 2.45) is 4.99 Å². The molecular weight excluding hydrogens is 513 g/mol. The van der Waals surface area contributed by atoms with Crippen molar-refractivity contribution in [1.82, 2.24) is 5.09 Å². The Kier molecular flexibility index (Phi) is 8.24. The summed E-state index contributed by atoms with van der Waals surface area (Å²) in [6.07, 6.45) is 1.52. The van der Waals surface area contributed by atoms with Crippen molar-refractivity contribution >= 4 is 34.3 Å². The van der Waals surface area contributed by atoms with Crippen LogP contribution in [-0.2, 0) is 11.8 Å². The predicted octanol–water partition coefficient (Wildman–Crippen LogP) is 7.37. The van der Waals surface area contributed by atoms with Crippen LogP contribution < -0.4 is 15.7 Å². The maximum atomic E-state index is 10.7. The fourth-order valence-electron chi connectivity index (χ4n) is 5.49. The van der Waals surface area contributed by atoms with E-state index in [1.807, 2.05) is 48.5 Å². The molecule has 3 nitrogen and oxygen atoms in total. The molecule has 1 aliphatic carbocycles. The first-order valence-electron chi connectivity index (χ1n) is 13.7. The highest BCUT2D eigenvalue weighted by Crippen LogP contribution is 2.44. The van der Waals surface area contributed by atoms with E-state index in [1.54, 1.807) is 0 Å². The van der Waals surface area contributed by atoms with Crippen LogP contribution in [0.2, 0.25) is 0 Å². The second-order valence-corrected chi connectivity index (χ2v) is 14.5. The first-order valence-corrected chi connectivity index (χ1v) is 16.5. The molecule has 39 heavy (non-hydrogen) atoms. The Morgan fingerprint density at radius 2 is 1.23 bits per heavy atom. The Labute approximate surface area is 237 Å². The number of nitrogens with one attached hydrogen (secondary N) is 1. The van der Waals surface area contributed by atoms with Crippen molar-refractivity contribution in [2.45, 2.75) is 51.1 Å². The third-order valence-electron chi connectivity index (χ3n) is 7.59. The Hall–Kier alpha value is -3.35. The first kappa shape index (κ1) is 27.2. The highest BCUT2D eigenvalue weighted by atomic mass is 32.4. The van der Waals surface area contributed by atoms with Crippen molar-refractivity contribution in [3.05, 3.63) is 120 Å². The molecule has 0 amide bonds. The molecule has 5 heteroatoms. The minimum Gasteiger partial charge on any atom is -0.273 e. The van der Waals surface area contributed by atoms with Crippen LogP contribution in [0.15, 0.2) is 114 Å². The third kappa shape index (κ3) is 5.41. The standard InChI is InChI=1S/C34H34N3PS/c1-3-4-15-24-34(2,37-38(39,26-16-7-5-8-17-26)27-18-9-6-10-19-27)32(25-35)36-33-30-22-13-11-20-28(30)29-21-12-14-23-31(29)33/h5-14,16-23,32H,3-4,15,24H2,1-2H3,(H,37,39)/t32-,34+/m0/s1. The zero-order valence-corrected chi connectivity index (χ0v) is 24.3. The second-order valence-electron chi connectivity index (χ2n) is 10.4. The minimum atomic E-state index is -2.48. The molecule has 5 rings (SSSR count). The Morgan fingerprint density at radius 3 is 1.69 bits per heavy atom. The minimum absolute atomic E-state index is 0.627. The van der Waals surface area contributed by atoms with Gasteiger partial charge in [-0.15, -0.1) is 0 Å². The average molecular weight is 548 g/mol. The number of rotatable bonds is 10. The van der Waals surface area contributed by atoms with Gasteiger partial charge >= 0.3 is 0 Å². The molecule has 1 N–H and O–H groups in total. The van der Waals surface area contributed by atoms with Crippen LogP contribution in [-0.4, -0.2) is 17.3 Å². The number of aliphatic imine (C=N–C) groups is 1. The maximum Gasteiger partial charge on any atom is 0.155 e. The smallest absolute Gasteiger partial charge is 0.155 e. The molecule has 0 saturated heterocycles. The van der Waals surface area contributed by atoms with Gasteiger partial charge in [0.1, 0.15) is 0 Å². The SMILES string of the molecule is CCCCC[C@@](C)(NP(=S)(c1ccccc1)c1ccccc1)[C@H](C#N)N=C1c2ccccc2-c2ccccc21. The van der Waals surface area contributed by atoms with E-state index in [-0.39, 0.29) is 0 Å². The molecule has 4 aromatic carbocycles. The zero-order valence-electron chi connectivity index (χ0n) is 22.5. The van der Waals surface area contributed by atoms with E-state index in [2.05, 4.69) is 85.7 Å². The lowest BCUT2D eigenvalue weighted by Crippen LogP contribution is -2.52. The molecule has 0 heterocycles. The summed E-state index contributed by atoms with van der Waals surface area (Å²) < 4.78 is 0. The summed E-state index contributed by atoms with van der Waals surface area (Å²) in [5.74, 6) is 0. The summed E-state index contributed by atoms with van der Waals surface area (Å²) in [5.41, 5.74) is 4.76. The summed E-state index contributed by atoms with van der Waals surface area (Å²) in [7, 11) is 0. The number of hydrogen-bond donors (Lipinski definition) is 1. The number of nitrogens with zero attached hydrogens (tertiary/aromatic N) is 2. The van der Waals surface area contributed by atoms with Gasteiger partial charge in [-0.3, -0.25) is 10.1 Å². The Morgan fingerprint density at radius 1 is 0.769 bits per heavy atom. The van der Waals surface area contributed by atoms with Gasteiger partial charge in [0, 0.05) is 21.7 Å². The molecule has 0 bridgehead atoms. The quantitative estimate of drug-likeness (QED) is 0.147. The molecule has 0 radical (unpaired) electrons. The van der Waals surface area contributed by atoms with Gasteiger partial charge in [-0.1, -0.05) is 147 Å². The lowest BCUT2D eigenvalue weighted by Gasteiger charge is -2.39. The molecule has 0 spiro atoms. The van der Waals surface area contributed by atoms with E-state index in [9.17, 15) is 5.26 Å². The predicted molar refractivity (Wildman–Crippen MR) is 169 cm³/mol. The number of fused-ring (bicyclic) bond motifs is 3. The molecule has 2 atom stereocenters. The van der Waals surface area contributed by atoms with Crippen LogP contribution in [0.25, 0.3) is 11.1 Å². The van der Waals surface area contributed by atoms with Crippen LogP contribution in [0.1, 0.15) is 50.7 Å². The van der Waals surface area contributed by atoms with E-state index >= 15 is 0 Å². The van der Waals surface area contributed by atoms with Gasteiger partial charge in [-0.05, 0) is 24.5 Å². The van der Waals surface area contributed by atoms with Gasteiger partial charge in [-0.2, -0.15) is 5.26 Å². The molecule has 0 fully saturated rings. The summed E-state index contributed by atoms with van der Waals surface area (Å²) in [5, 5.41) is 16.8. The van der Waals surface area contributed by atoms with Crippen molar-refractivity contribution in [3.63, 3.8) is 0 Å². The molecule has 1 aliphatic rings. The molecule has 0 aromatic heterocycles. The van der Waals surface area contributed by atoms with E-state index in [0.29, 0.717) is 0 Å². The number of unbranched alkanes of at least 4 members (excludes halogenated alkanes) is 2. The molecule has 0 unspecified atom stereocenters. The van der Waals surface area contributed by atoms with Gasteiger partial charge in [0.2, 0.25) is 0 Å². The Bertz CT molecular complexity index is 1470. The highest BCUT2D eigenvalue weighted by Gasteiger charge is 2.40. The van der Waals surface area contributed by atoms with Gasteiger partial charge in [0.25, 0.3) is 0 Å². The number of nitriles is 1. The average Bonchev–Trinajstić information content (AvgIpc) is 3.30. The fraction of sp³-hybridized carbons (Fsp3) is 0.235. The second kappa shape index (κ2) is 11.8. The molecule has 4 aromatic rings. The molecule has 196 valence electrons. The van der Waals surface area contributed by atoms with E-state index < -0.39 is 17.8 Å². The lowest BCUT2D eigenvalue weighted by atomic mass is 9.88.